The van der Waals surface area contributed by atoms with Crippen molar-refractivity contribution in [2.24, 2.45) is 0 Å². The number of aryl methyl sites for hydroxylation is 1. The highest BCUT2D eigenvalue weighted by Crippen LogP contribution is 2.15. The maximum absolute atomic E-state index is 11.3. The first-order valence-corrected chi connectivity index (χ1v) is 8.80. The molecule has 1 aromatic carbocycles. The molecule has 0 bridgehead atoms. The van der Waals surface area contributed by atoms with Crippen LogP contribution in [0.25, 0.3) is 0 Å². The minimum Gasteiger partial charge on any atom is -0.427 e. The van der Waals surface area contributed by atoms with Crippen LogP contribution in [0.5, 0.6) is 5.75 Å². The second kappa shape index (κ2) is 11.7. The third-order valence-corrected chi connectivity index (χ3v) is 3.76. The van der Waals surface area contributed by atoms with Crippen LogP contribution in [0.4, 0.5) is 0 Å². The highest BCUT2D eigenvalue weighted by molar-refractivity contribution is 7.80. The van der Waals surface area contributed by atoms with Crippen molar-refractivity contribution in [3.8, 4) is 5.75 Å². The molecule has 0 aliphatic carbocycles. The molecule has 21 heavy (non-hydrogen) atoms. The molecule has 0 saturated heterocycles. The predicted octanol–water partition coefficient (Wildman–Crippen LogP) is 5.21. The van der Waals surface area contributed by atoms with E-state index in [9.17, 15) is 4.79 Å². The Morgan fingerprint density at radius 2 is 1.62 bits per heavy atom. The fourth-order valence-electron chi connectivity index (χ4n) is 2.28. The first-order valence-electron chi connectivity index (χ1n) is 8.16. The van der Waals surface area contributed by atoms with Crippen molar-refractivity contribution in [2.75, 3.05) is 5.75 Å². The van der Waals surface area contributed by atoms with Crippen molar-refractivity contribution in [3.63, 3.8) is 0 Å². The molecule has 0 heterocycles. The average molecular weight is 308 g/mol. The standard InChI is InChI=1S/C18H28O2S/c1-2-3-4-5-6-7-8-9-16-10-12-17(13-11-16)20-18(19)14-15-21/h10-13,21H,2-9,14-15H2,1H3. The van der Waals surface area contributed by atoms with Crippen LogP contribution in [-0.2, 0) is 11.2 Å². The van der Waals surface area contributed by atoms with Gasteiger partial charge in [-0.1, -0.05) is 57.6 Å². The van der Waals surface area contributed by atoms with Crippen LogP contribution in [0.1, 0.15) is 63.9 Å². The van der Waals surface area contributed by atoms with Crippen molar-refractivity contribution >= 4 is 18.6 Å². The molecule has 0 aromatic heterocycles. The van der Waals surface area contributed by atoms with Gasteiger partial charge >= 0.3 is 5.97 Å². The molecule has 0 spiro atoms. The summed E-state index contributed by atoms with van der Waals surface area (Å²) >= 11 is 4.02. The molecule has 0 radical (unpaired) electrons. The SMILES string of the molecule is CCCCCCCCCc1ccc(OC(=O)CCS)cc1. The van der Waals surface area contributed by atoms with Gasteiger partial charge in [0, 0.05) is 5.75 Å². The van der Waals surface area contributed by atoms with Crippen molar-refractivity contribution in [1.82, 2.24) is 0 Å². The summed E-state index contributed by atoms with van der Waals surface area (Å²) in [5.41, 5.74) is 1.32. The van der Waals surface area contributed by atoms with Crippen molar-refractivity contribution in [2.45, 2.75) is 64.7 Å². The predicted molar refractivity (Wildman–Crippen MR) is 92.2 cm³/mol. The van der Waals surface area contributed by atoms with Gasteiger partial charge in [0.2, 0.25) is 0 Å². The molecule has 0 aliphatic rings. The van der Waals surface area contributed by atoms with E-state index in [0.717, 1.165) is 6.42 Å². The molecule has 0 N–H and O–H groups in total. The second-order valence-electron chi connectivity index (χ2n) is 5.46. The fraction of sp³-hybridized carbons (Fsp3) is 0.611. The van der Waals surface area contributed by atoms with Gasteiger partial charge in [-0.15, -0.1) is 0 Å². The Labute approximate surface area is 134 Å². The van der Waals surface area contributed by atoms with Crippen LogP contribution in [0.15, 0.2) is 24.3 Å². The van der Waals surface area contributed by atoms with Crippen LogP contribution in [0.2, 0.25) is 0 Å². The molecular weight excluding hydrogens is 280 g/mol. The number of benzene rings is 1. The maximum Gasteiger partial charge on any atom is 0.312 e. The van der Waals surface area contributed by atoms with E-state index in [-0.39, 0.29) is 5.97 Å². The van der Waals surface area contributed by atoms with E-state index in [1.807, 2.05) is 12.1 Å². The van der Waals surface area contributed by atoms with Crippen LogP contribution < -0.4 is 4.74 Å². The molecule has 0 fully saturated rings. The number of hydrogen-bond donors (Lipinski definition) is 1. The molecule has 2 nitrogen and oxygen atoms in total. The topological polar surface area (TPSA) is 26.3 Å². The summed E-state index contributed by atoms with van der Waals surface area (Å²) in [6.07, 6.45) is 10.8. The first kappa shape index (κ1) is 18.1. The van der Waals surface area contributed by atoms with Gasteiger partial charge in [-0.05, 0) is 30.5 Å². The Morgan fingerprint density at radius 3 is 2.24 bits per heavy atom. The smallest absolute Gasteiger partial charge is 0.312 e. The Hall–Kier alpha value is -0.960. The summed E-state index contributed by atoms with van der Waals surface area (Å²) in [6.45, 7) is 2.25. The Kier molecular flexibility index (Phi) is 10.1. The van der Waals surface area contributed by atoms with Crippen molar-refractivity contribution in [3.05, 3.63) is 29.8 Å². The van der Waals surface area contributed by atoms with Gasteiger partial charge in [-0.3, -0.25) is 4.79 Å². The lowest BCUT2D eigenvalue weighted by molar-refractivity contribution is -0.133. The summed E-state index contributed by atoms with van der Waals surface area (Å²) in [7, 11) is 0. The second-order valence-corrected chi connectivity index (χ2v) is 5.91. The first-order chi connectivity index (χ1) is 10.3. The van der Waals surface area contributed by atoms with Gasteiger partial charge in [0.1, 0.15) is 5.75 Å². The highest BCUT2D eigenvalue weighted by atomic mass is 32.1. The Balaban J connectivity index is 2.17. The monoisotopic (exact) mass is 308 g/mol. The van der Waals surface area contributed by atoms with Crippen molar-refractivity contribution in [1.29, 1.82) is 0 Å². The lowest BCUT2D eigenvalue weighted by atomic mass is 10.0. The van der Waals surface area contributed by atoms with Crippen LogP contribution in [0.3, 0.4) is 0 Å². The summed E-state index contributed by atoms with van der Waals surface area (Å²) in [6, 6.07) is 7.88. The van der Waals surface area contributed by atoms with Gasteiger partial charge in [-0.25, -0.2) is 0 Å². The lowest BCUT2D eigenvalue weighted by Gasteiger charge is -2.05. The quantitative estimate of drug-likeness (QED) is 0.263. The van der Waals surface area contributed by atoms with E-state index in [2.05, 4.69) is 31.7 Å². The molecule has 0 aliphatic heterocycles. The van der Waals surface area contributed by atoms with Gasteiger partial charge in [0.05, 0.1) is 6.42 Å². The van der Waals surface area contributed by atoms with Crippen molar-refractivity contribution < 1.29 is 9.53 Å². The average Bonchev–Trinajstić information content (AvgIpc) is 2.48. The van der Waals surface area contributed by atoms with E-state index in [1.165, 1.54) is 50.5 Å². The Morgan fingerprint density at radius 1 is 1.00 bits per heavy atom. The highest BCUT2D eigenvalue weighted by Gasteiger charge is 2.03. The fourth-order valence-corrected chi connectivity index (χ4v) is 2.47. The minimum absolute atomic E-state index is 0.218. The molecule has 1 aromatic rings. The number of carbonyl (C=O) groups is 1. The van der Waals surface area contributed by atoms with Gasteiger partial charge in [0.25, 0.3) is 0 Å². The zero-order valence-electron chi connectivity index (χ0n) is 13.1. The molecule has 3 heteroatoms. The number of thiol groups is 1. The molecule has 1 rings (SSSR count). The summed E-state index contributed by atoms with van der Waals surface area (Å²) in [5.74, 6) is 0.935. The zero-order chi connectivity index (χ0) is 15.3. The molecule has 0 atom stereocenters. The third kappa shape index (κ3) is 8.82. The summed E-state index contributed by atoms with van der Waals surface area (Å²) in [5, 5.41) is 0. The molecule has 0 amide bonds. The van der Waals surface area contributed by atoms with E-state index < -0.39 is 0 Å². The number of carbonyl (C=O) groups excluding carboxylic acids is 1. The molecular formula is C18H28O2S. The lowest BCUT2D eigenvalue weighted by Crippen LogP contribution is -2.08. The Bertz CT molecular complexity index is 387. The van der Waals surface area contributed by atoms with E-state index in [0.29, 0.717) is 17.9 Å². The normalized spacial score (nSPS) is 10.6. The van der Waals surface area contributed by atoms with Crippen LogP contribution in [0, 0.1) is 0 Å². The number of hydrogen-bond acceptors (Lipinski definition) is 3. The number of rotatable bonds is 11. The number of ether oxygens (including phenoxy) is 1. The number of unbranched alkanes of at least 4 members (excludes halogenated alkanes) is 6. The van der Waals surface area contributed by atoms with Crippen LogP contribution >= 0.6 is 12.6 Å². The van der Waals surface area contributed by atoms with Gasteiger partial charge in [0.15, 0.2) is 0 Å². The van der Waals surface area contributed by atoms with Gasteiger partial charge in [-0.2, -0.15) is 12.6 Å². The summed E-state index contributed by atoms with van der Waals surface area (Å²) in [4.78, 5) is 11.3. The number of esters is 1. The van der Waals surface area contributed by atoms with E-state index in [1.54, 1.807) is 0 Å². The van der Waals surface area contributed by atoms with E-state index in [4.69, 9.17) is 4.74 Å². The van der Waals surface area contributed by atoms with E-state index >= 15 is 0 Å². The van der Waals surface area contributed by atoms with Gasteiger partial charge < -0.3 is 4.74 Å². The zero-order valence-corrected chi connectivity index (χ0v) is 14.0. The minimum atomic E-state index is -0.218. The third-order valence-electron chi connectivity index (χ3n) is 3.54. The summed E-state index contributed by atoms with van der Waals surface area (Å²) < 4.78 is 5.20. The molecule has 0 saturated carbocycles. The van der Waals surface area contributed by atoms with Crippen LogP contribution in [-0.4, -0.2) is 11.7 Å². The largest absolute Gasteiger partial charge is 0.427 e. The molecule has 0 unspecified atom stereocenters. The maximum atomic E-state index is 11.3. The molecule has 118 valence electrons.